The van der Waals surface area contributed by atoms with Gasteiger partial charge in [0, 0.05) is 12.3 Å². The molecule has 0 bridgehead atoms. The molecule has 0 amide bonds. The molecule has 2 heterocycles. The second-order valence-corrected chi connectivity index (χ2v) is 3.79. The highest BCUT2D eigenvalue weighted by Crippen LogP contribution is 2.18. The van der Waals surface area contributed by atoms with E-state index in [-0.39, 0.29) is 12.2 Å². The Labute approximate surface area is 92.0 Å². The van der Waals surface area contributed by atoms with Crippen molar-refractivity contribution in [3.8, 4) is 0 Å². The van der Waals surface area contributed by atoms with Crippen molar-refractivity contribution in [2.75, 3.05) is 0 Å². The van der Waals surface area contributed by atoms with Gasteiger partial charge in [0.05, 0.1) is 10.7 Å². The molecule has 2 rings (SSSR count). The van der Waals surface area contributed by atoms with Gasteiger partial charge in [-0.15, -0.1) is 0 Å². The maximum Gasteiger partial charge on any atom is 0.283 e. The van der Waals surface area contributed by atoms with Crippen molar-refractivity contribution < 1.29 is 13.3 Å². The Morgan fingerprint density at radius 3 is 2.87 bits per heavy atom. The third kappa shape index (κ3) is 2.41. The molecule has 80 valence electrons. The third-order valence-corrected chi connectivity index (χ3v) is 2.13. The summed E-state index contributed by atoms with van der Waals surface area (Å²) in [7, 11) is 0. The van der Waals surface area contributed by atoms with Crippen LogP contribution in [0.25, 0.3) is 0 Å². The van der Waals surface area contributed by atoms with Gasteiger partial charge in [-0.2, -0.15) is 5.10 Å². The van der Waals surface area contributed by atoms with Crippen LogP contribution in [0.3, 0.4) is 0 Å². The van der Waals surface area contributed by atoms with Gasteiger partial charge < -0.3 is 4.52 Å². The number of aromatic nitrogens is 3. The molecule has 0 radical (unpaired) electrons. The van der Waals surface area contributed by atoms with Crippen molar-refractivity contribution >= 4 is 15.9 Å². The lowest BCUT2D eigenvalue weighted by molar-refractivity contribution is 0.140. The van der Waals surface area contributed by atoms with Gasteiger partial charge in [0.1, 0.15) is 12.2 Å². The highest BCUT2D eigenvalue weighted by Gasteiger charge is 2.13. The van der Waals surface area contributed by atoms with E-state index in [1.54, 1.807) is 17.1 Å². The van der Waals surface area contributed by atoms with E-state index in [4.69, 9.17) is 4.52 Å². The lowest BCUT2D eigenvalue weighted by atomic mass is 10.4. The normalized spacial score (nSPS) is 11.2. The molecular weight excluding hydrogens is 272 g/mol. The van der Waals surface area contributed by atoms with E-state index in [2.05, 4.69) is 26.2 Å². The van der Waals surface area contributed by atoms with E-state index in [0.29, 0.717) is 5.76 Å². The van der Waals surface area contributed by atoms with Crippen molar-refractivity contribution in [1.29, 1.82) is 0 Å². The summed E-state index contributed by atoms with van der Waals surface area (Å²) in [5.41, 5.74) is -0.351. The number of nitrogens with zero attached hydrogens (tertiary/aromatic N) is 3. The molecule has 0 aliphatic carbocycles. The summed E-state index contributed by atoms with van der Waals surface area (Å²) in [5, 5.41) is 7.20. The zero-order chi connectivity index (χ0) is 10.8. The number of rotatable bonds is 3. The van der Waals surface area contributed by atoms with E-state index in [1.165, 1.54) is 6.07 Å². The Bertz CT molecular complexity index is 454. The molecule has 0 aliphatic rings. The highest BCUT2D eigenvalue weighted by molar-refractivity contribution is 9.10. The second-order valence-electron chi connectivity index (χ2n) is 2.87. The summed E-state index contributed by atoms with van der Waals surface area (Å²) in [4.78, 5) is 0. The molecule has 0 fully saturated rings. The first kappa shape index (κ1) is 10.3. The Morgan fingerprint density at radius 2 is 2.33 bits per heavy atom. The largest absolute Gasteiger partial charge is 0.359 e. The second kappa shape index (κ2) is 4.09. The van der Waals surface area contributed by atoms with Gasteiger partial charge in [-0.25, -0.2) is 8.78 Å². The topological polar surface area (TPSA) is 43.9 Å². The fourth-order valence-electron chi connectivity index (χ4n) is 1.09. The highest BCUT2D eigenvalue weighted by atomic mass is 79.9. The molecule has 7 heteroatoms. The van der Waals surface area contributed by atoms with Crippen LogP contribution in [0.4, 0.5) is 8.78 Å². The lowest BCUT2D eigenvalue weighted by Gasteiger charge is -1.94. The van der Waals surface area contributed by atoms with Crippen LogP contribution in [-0.2, 0) is 6.54 Å². The van der Waals surface area contributed by atoms with Gasteiger partial charge in [0.25, 0.3) is 6.43 Å². The van der Waals surface area contributed by atoms with Crippen LogP contribution in [0, 0.1) is 0 Å². The van der Waals surface area contributed by atoms with Crippen LogP contribution in [0.1, 0.15) is 17.9 Å². The zero-order valence-electron chi connectivity index (χ0n) is 7.40. The fraction of sp³-hybridized carbons (Fsp3) is 0.250. The predicted molar refractivity (Wildman–Crippen MR) is 50.5 cm³/mol. The minimum Gasteiger partial charge on any atom is -0.359 e. The number of hydrogen-bond donors (Lipinski definition) is 0. The Kier molecular flexibility index (Phi) is 2.81. The molecule has 2 aromatic rings. The first-order chi connectivity index (χ1) is 7.15. The quantitative estimate of drug-likeness (QED) is 0.866. The Balaban J connectivity index is 2.11. The minimum absolute atomic E-state index is 0.283. The molecule has 0 atom stereocenters. The van der Waals surface area contributed by atoms with Gasteiger partial charge in [0.2, 0.25) is 0 Å². The van der Waals surface area contributed by atoms with Crippen molar-refractivity contribution in [2.45, 2.75) is 13.0 Å². The summed E-state index contributed by atoms with van der Waals surface area (Å²) < 4.78 is 31.4. The number of hydrogen-bond acceptors (Lipinski definition) is 3. The first-order valence-electron chi connectivity index (χ1n) is 4.07. The van der Waals surface area contributed by atoms with Crippen molar-refractivity contribution in [3.63, 3.8) is 0 Å². The summed E-state index contributed by atoms with van der Waals surface area (Å²) >= 11 is 3.22. The van der Waals surface area contributed by atoms with Gasteiger partial charge >= 0.3 is 0 Å². The molecule has 0 aromatic carbocycles. The predicted octanol–water partition coefficient (Wildman–Crippen LogP) is 2.62. The first-order valence-corrected chi connectivity index (χ1v) is 4.86. The standard InChI is InChI=1S/C8H6BrF2N3O/c9-5-2-12-14(3-5)4-6-1-7(8(10)11)13-15-6/h1-3,8H,4H2. The van der Waals surface area contributed by atoms with E-state index in [1.807, 2.05) is 0 Å². The lowest BCUT2D eigenvalue weighted by Crippen LogP contribution is -1.98. The average molecular weight is 278 g/mol. The Hall–Kier alpha value is -1.24. The average Bonchev–Trinajstić information content (AvgIpc) is 2.76. The number of alkyl halides is 2. The van der Waals surface area contributed by atoms with Gasteiger partial charge in [-0.05, 0) is 15.9 Å². The van der Waals surface area contributed by atoms with Gasteiger partial charge in [0.15, 0.2) is 5.76 Å². The van der Waals surface area contributed by atoms with Crippen LogP contribution in [0.15, 0.2) is 27.5 Å². The van der Waals surface area contributed by atoms with Crippen LogP contribution in [0.5, 0.6) is 0 Å². The molecule has 0 saturated carbocycles. The SMILES string of the molecule is FC(F)c1cc(Cn2cc(Br)cn2)on1. The monoisotopic (exact) mass is 277 g/mol. The molecule has 2 aromatic heterocycles. The van der Waals surface area contributed by atoms with Crippen LogP contribution < -0.4 is 0 Å². The smallest absolute Gasteiger partial charge is 0.283 e. The maximum atomic E-state index is 12.2. The summed E-state index contributed by atoms with van der Waals surface area (Å²) in [6.45, 7) is 0.283. The van der Waals surface area contributed by atoms with Crippen molar-refractivity contribution in [1.82, 2.24) is 14.9 Å². The molecule has 0 spiro atoms. The third-order valence-electron chi connectivity index (χ3n) is 1.72. The minimum atomic E-state index is -2.60. The molecule has 0 aliphatic heterocycles. The molecule has 0 N–H and O–H groups in total. The van der Waals surface area contributed by atoms with E-state index in [0.717, 1.165) is 4.47 Å². The molecule has 4 nitrogen and oxygen atoms in total. The van der Waals surface area contributed by atoms with Crippen LogP contribution in [-0.4, -0.2) is 14.9 Å². The number of halogens is 3. The Morgan fingerprint density at radius 1 is 1.53 bits per heavy atom. The zero-order valence-corrected chi connectivity index (χ0v) is 8.99. The van der Waals surface area contributed by atoms with E-state index >= 15 is 0 Å². The van der Waals surface area contributed by atoms with E-state index < -0.39 is 6.43 Å². The molecule has 0 unspecified atom stereocenters. The van der Waals surface area contributed by atoms with E-state index in [9.17, 15) is 8.78 Å². The fourth-order valence-corrected chi connectivity index (χ4v) is 1.42. The summed E-state index contributed by atoms with van der Waals surface area (Å²) in [5.74, 6) is 0.348. The van der Waals surface area contributed by atoms with Gasteiger partial charge in [-0.1, -0.05) is 5.16 Å². The van der Waals surface area contributed by atoms with Crippen LogP contribution in [0.2, 0.25) is 0 Å². The maximum absolute atomic E-state index is 12.2. The summed E-state index contributed by atoms with van der Waals surface area (Å²) in [6.07, 6.45) is 0.710. The molecule has 15 heavy (non-hydrogen) atoms. The van der Waals surface area contributed by atoms with Crippen LogP contribution >= 0.6 is 15.9 Å². The van der Waals surface area contributed by atoms with Crippen molar-refractivity contribution in [2.24, 2.45) is 0 Å². The van der Waals surface area contributed by atoms with Gasteiger partial charge in [-0.3, -0.25) is 4.68 Å². The molecular formula is C8H6BrF2N3O. The van der Waals surface area contributed by atoms with Crippen molar-refractivity contribution in [3.05, 3.63) is 34.4 Å². The summed E-state index contributed by atoms with van der Waals surface area (Å²) in [6, 6.07) is 1.22. The molecule has 0 saturated heterocycles.